The SMILES string of the molecule is O=C(NC[C@@H]1CCS(=O)(=O)C1)Nc1ccc(-c2ccc(NC(=O)NC[C@@H]3CCS(=O)(=O)C3)cc2)cc1. The van der Waals surface area contributed by atoms with E-state index in [1.165, 1.54) is 0 Å². The van der Waals surface area contributed by atoms with E-state index < -0.39 is 19.7 Å². The maximum atomic E-state index is 12.1. The standard InChI is InChI=1S/C24H30N4O6S2/c29-23(25-13-17-9-11-35(31,32)15-17)27-21-5-1-19(2-6-21)20-3-7-22(8-4-20)28-24(30)26-14-18-10-12-36(33,34)16-18/h1-8,17-18H,9-16H2,(H2,25,27,29)(H2,26,28,30)/t17-,18-/m0/s1. The molecule has 2 fully saturated rings. The van der Waals surface area contributed by atoms with Gasteiger partial charge in [-0.1, -0.05) is 24.3 Å². The summed E-state index contributed by atoms with van der Waals surface area (Å²) in [5.41, 5.74) is 3.08. The molecule has 10 nitrogen and oxygen atoms in total. The summed E-state index contributed by atoms with van der Waals surface area (Å²) in [4.78, 5) is 24.2. The largest absolute Gasteiger partial charge is 0.338 e. The van der Waals surface area contributed by atoms with E-state index in [-0.39, 0.29) is 46.9 Å². The first-order chi connectivity index (χ1) is 17.1. The van der Waals surface area contributed by atoms with Crippen LogP contribution in [0.2, 0.25) is 0 Å². The predicted molar refractivity (Wildman–Crippen MR) is 139 cm³/mol. The second-order valence-electron chi connectivity index (χ2n) is 9.36. The molecule has 0 unspecified atom stereocenters. The van der Waals surface area contributed by atoms with Crippen molar-refractivity contribution in [3.63, 3.8) is 0 Å². The van der Waals surface area contributed by atoms with Crippen molar-refractivity contribution in [1.82, 2.24) is 10.6 Å². The van der Waals surface area contributed by atoms with Gasteiger partial charge in [-0.15, -0.1) is 0 Å². The number of carbonyl (C=O) groups excluding carboxylic acids is 2. The Bertz CT molecular complexity index is 1210. The third-order valence-corrected chi connectivity index (χ3v) is 10.0. The van der Waals surface area contributed by atoms with Crippen LogP contribution in [-0.4, -0.2) is 65.0 Å². The summed E-state index contributed by atoms with van der Waals surface area (Å²) < 4.78 is 46.1. The fraction of sp³-hybridized carbons (Fsp3) is 0.417. The number of amides is 4. The van der Waals surface area contributed by atoms with Crippen molar-refractivity contribution in [2.45, 2.75) is 12.8 Å². The third kappa shape index (κ3) is 7.44. The van der Waals surface area contributed by atoms with E-state index in [1.54, 1.807) is 24.3 Å². The van der Waals surface area contributed by atoms with Crippen LogP contribution in [0.15, 0.2) is 48.5 Å². The summed E-state index contributed by atoms with van der Waals surface area (Å²) in [6.07, 6.45) is 1.15. The predicted octanol–water partition coefficient (Wildman–Crippen LogP) is 2.47. The number of nitrogens with one attached hydrogen (secondary N) is 4. The minimum absolute atomic E-state index is 0.0437. The van der Waals surface area contributed by atoms with Crippen molar-refractivity contribution in [3.8, 4) is 11.1 Å². The first-order valence-electron chi connectivity index (χ1n) is 11.8. The fourth-order valence-electron chi connectivity index (χ4n) is 4.38. The molecule has 4 N–H and O–H groups in total. The van der Waals surface area contributed by atoms with Gasteiger partial charge in [0, 0.05) is 24.5 Å². The van der Waals surface area contributed by atoms with E-state index in [4.69, 9.17) is 0 Å². The molecule has 0 bridgehead atoms. The molecule has 36 heavy (non-hydrogen) atoms. The minimum atomic E-state index is -2.97. The molecule has 2 atom stereocenters. The van der Waals surface area contributed by atoms with E-state index in [1.807, 2.05) is 24.3 Å². The molecule has 4 amide bonds. The highest BCUT2D eigenvalue weighted by molar-refractivity contribution is 7.91. The van der Waals surface area contributed by atoms with Crippen LogP contribution in [0.5, 0.6) is 0 Å². The fourth-order valence-corrected chi connectivity index (χ4v) is 8.11. The molecule has 2 aliphatic heterocycles. The topological polar surface area (TPSA) is 151 Å². The molecule has 2 aromatic carbocycles. The molecule has 194 valence electrons. The molecule has 2 saturated heterocycles. The Hall–Kier alpha value is -3.12. The summed E-state index contributed by atoms with van der Waals surface area (Å²) in [7, 11) is -5.93. The van der Waals surface area contributed by atoms with Gasteiger partial charge in [-0.3, -0.25) is 0 Å². The third-order valence-electron chi connectivity index (χ3n) is 6.37. The first-order valence-corrected chi connectivity index (χ1v) is 15.4. The molecular weight excluding hydrogens is 504 g/mol. The minimum Gasteiger partial charge on any atom is -0.338 e. The summed E-state index contributed by atoms with van der Waals surface area (Å²) >= 11 is 0. The second kappa shape index (κ2) is 10.9. The van der Waals surface area contributed by atoms with Crippen LogP contribution in [0.4, 0.5) is 21.0 Å². The number of hydrogen-bond acceptors (Lipinski definition) is 6. The number of sulfone groups is 2. The second-order valence-corrected chi connectivity index (χ2v) is 13.8. The molecule has 2 heterocycles. The van der Waals surface area contributed by atoms with E-state index >= 15 is 0 Å². The number of rotatable bonds is 7. The smallest absolute Gasteiger partial charge is 0.319 e. The van der Waals surface area contributed by atoms with Crippen LogP contribution in [0.25, 0.3) is 11.1 Å². The van der Waals surface area contributed by atoms with Crippen molar-refractivity contribution in [1.29, 1.82) is 0 Å². The van der Waals surface area contributed by atoms with Gasteiger partial charge in [0.05, 0.1) is 23.0 Å². The highest BCUT2D eigenvalue weighted by Gasteiger charge is 2.28. The highest BCUT2D eigenvalue weighted by atomic mass is 32.2. The Labute approximate surface area is 211 Å². The molecule has 0 saturated carbocycles. The average molecular weight is 535 g/mol. The van der Waals surface area contributed by atoms with Crippen molar-refractivity contribution in [3.05, 3.63) is 48.5 Å². The summed E-state index contributed by atoms with van der Waals surface area (Å²) in [5.74, 6) is 0.514. The van der Waals surface area contributed by atoms with Gasteiger partial charge in [0.1, 0.15) is 0 Å². The lowest BCUT2D eigenvalue weighted by Crippen LogP contribution is -2.33. The number of urea groups is 2. The Kier molecular flexibility index (Phi) is 7.84. The molecule has 12 heteroatoms. The van der Waals surface area contributed by atoms with Crippen molar-refractivity contribution in [2.75, 3.05) is 46.7 Å². The molecule has 0 aliphatic carbocycles. The zero-order valence-electron chi connectivity index (χ0n) is 19.7. The van der Waals surface area contributed by atoms with Crippen molar-refractivity contribution < 1.29 is 26.4 Å². The Balaban J connectivity index is 1.22. The van der Waals surface area contributed by atoms with Gasteiger partial charge >= 0.3 is 12.1 Å². The Morgan fingerprint density at radius 3 is 1.31 bits per heavy atom. The van der Waals surface area contributed by atoms with Gasteiger partial charge in [0.15, 0.2) is 19.7 Å². The maximum Gasteiger partial charge on any atom is 0.319 e. The number of benzene rings is 2. The number of hydrogen-bond donors (Lipinski definition) is 4. The molecule has 2 aromatic rings. The molecule has 4 rings (SSSR count). The van der Waals surface area contributed by atoms with Gasteiger partial charge in [0.2, 0.25) is 0 Å². The van der Waals surface area contributed by atoms with Gasteiger partial charge in [-0.05, 0) is 60.1 Å². The van der Waals surface area contributed by atoms with E-state index in [0.29, 0.717) is 37.3 Å². The Morgan fingerprint density at radius 2 is 1.00 bits per heavy atom. The van der Waals surface area contributed by atoms with Crippen molar-refractivity contribution in [2.24, 2.45) is 11.8 Å². The number of anilines is 2. The van der Waals surface area contributed by atoms with Gasteiger partial charge in [-0.2, -0.15) is 0 Å². The van der Waals surface area contributed by atoms with E-state index in [0.717, 1.165) is 11.1 Å². The first kappa shape index (κ1) is 26.0. The highest BCUT2D eigenvalue weighted by Crippen LogP contribution is 2.24. The summed E-state index contributed by atoms with van der Waals surface area (Å²) in [6.45, 7) is 0.647. The molecule has 2 aliphatic rings. The summed E-state index contributed by atoms with van der Waals surface area (Å²) in [6, 6.07) is 13.8. The average Bonchev–Trinajstić information content (AvgIpc) is 3.37. The van der Waals surface area contributed by atoms with Gasteiger partial charge in [-0.25, -0.2) is 26.4 Å². The van der Waals surface area contributed by atoms with Crippen LogP contribution in [-0.2, 0) is 19.7 Å². The van der Waals surface area contributed by atoms with Crippen LogP contribution < -0.4 is 21.3 Å². The zero-order chi connectivity index (χ0) is 25.8. The van der Waals surface area contributed by atoms with Crippen molar-refractivity contribution >= 4 is 43.1 Å². The van der Waals surface area contributed by atoms with Gasteiger partial charge in [0.25, 0.3) is 0 Å². The van der Waals surface area contributed by atoms with Crippen LogP contribution >= 0.6 is 0 Å². The Morgan fingerprint density at radius 1 is 0.639 bits per heavy atom. The van der Waals surface area contributed by atoms with Crippen LogP contribution in [0.1, 0.15) is 12.8 Å². The number of carbonyl (C=O) groups is 2. The van der Waals surface area contributed by atoms with E-state index in [9.17, 15) is 26.4 Å². The summed E-state index contributed by atoms with van der Waals surface area (Å²) in [5, 5.41) is 10.9. The van der Waals surface area contributed by atoms with E-state index in [2.05, 4.69) is 21.3 Å². The molecule has 0 radical (unpaired) electrons. The normalized spacial score (nSPS) is 22.0. The van der Waals surface area contributed by atoms with Crippen LogP contribution in [0, 0.1) is 11.8 Å². The molecule has 0 spiro atoms. The monoisotopic (exact) mass is 534 g/mol. The molecule has 0 aromatic heterocycles. The maximum absolute atomic E-state index is 12.1. The lowest BCUT2D eigenvalue weighted by molar-refractivity contribution is 0.250. The zero-order valence-corrected chi connectivity index (χ0v) is 21.3. The lowest BCUT2D eigenvalue weighted by atomic mass is 10.1. The lowest BCUT2D eigenvalue weighted by Gasteiger charge is -2.12. The molecular formula is C24H30N4O6S2. The van der Waals surface area contributed by atoms with Gasteiger partial charge < -0.3 is 21.3 Å². The quantitative estimate of drug-likeness (QED) is 0.429. The van der Waals surface area contributed by atoms with Crippen LogP contribution in [0.3, 0.4) is 0 Å².